The average Bonchev–Trinajstić information content (AvgIpc) is 3.42. The molecule has 0 saturated heterocycles. The van der Waals surface area contributed by atoms with Gasteiger partial charge in [0.25, 0.3) is 0 Å². The third-order valence-electron chi connectivity index (χ3n) is 9.69. The van der Waals surface area contributed by atoms with Crippen LogP contribution >= 0.6 is 0 Å². The fraction of sp³-hybridized carbons (Fsp3) is 0.636. The van der Waals surface area contributed by atoms with Crippen LogP contribution in [0.3, 0.4) is 0 Å². The lowest BCUT2D eigenvalue weighted by Gasteiger charge is -2.45. The van der Waals surface area contributed by atoms with Gasteiger partial charge >= 0.3 is 0 Å². The summed E-state index contributed by atoms with van der Waals surface area (Å²) in [5.74, 6) is 0.292. The van der Waals surface area contributed by atoms with Gasteiger partial charge in [0, 0.05) is 22.5 Å². The van der Waals surface area contributed by atoms with E-state index in [9.17, 15) is 5.26 Å². The lowest BCUT2D eigenvalue weighted by atomic mass is 9.70. The van der Waals surface area contributed by atoms with Crippen LogP contribution in [0.5, 0.6) is 0 Å². The van der Waals surface area contributed by atoms with Crippen LogP contribution in [-0.4, -0.2) is 13.3 Å². The Balaban J connectivity index is 1.77. The molecule has 2 aromatic rings. The number of ether oxygens (including phenoxy) is 1. The summed E-state index contributed by atoms with van der Waals surface area (Å²) in [6.07, 6.45) is 6.35. The van der Waals surface area contributed by atoms with Crippen molar-refractivity contribution in [3.63, 3.8) is 0 Å². The summed E-state index contributed by atoms with van der Waals surface area (Å²) in [5.41, 5.74) is 8.13. The van der Waals surface area contributed by atoms with E-state index < -0.39 is 8.32 Å². The van der Waals surface area contributed by atoms with Gasteiger partial charge in [-0.05, 0) is 78.4 Å². The summed E-state index contributed by atoms with van der Waals surface area (Å²) >= 11 is 0. The SMILES string of the molecule is CC(C)c1nc2c(c3c1[C@@H](c1ccc(C#N)cc1)OC31CCCC1)[C@@H](O[Si](C)(C)C(C)(C)C)CC(C)(C)C2. The zero-order valence-corrected chi connectivity index (χ0v) is 26.0. The number of benzene rings is 1. The van der Waals surface area contributed by atoms with Crippen molar-refractivity contribution >= 4 is 8.32 Å². The van der Waals surface area contributed by atoms with Crippen LogP contribution in [-0.2, 0) is 21.2 Å². The third kappa shape index (κ3) is 4.57. The standard InChI is InChI=1S/C33H46N2O2Si/c1-21(2)29-27-28(33(16-10-11-17-33)36-30(27)23-14-12-22(20-34)13-15-23)26-24(35-29)18-32(6,7)19-25(26)37-38(8,9)31(3,4)5/h12-15,21,25,30H,10-11,16-19H2,1-9H3/t25-,30+/m0/s1. The van der Waals surface area contributed by atoms with Crippen molar-refractivity contribution in [1.82, 2.24) is 4.98 Å². The van der Waals surface area contributed by atoms with Crippen LogP contribution in [0.15, 0.2) is 24.3 Å². The number of fused-ring (bicyclic) bond motifs is 4. The highest BCUT2D eigenvalue weighted by atomic mass is 28.4. The number of hydrogen-bond acceptors (Lipinski definition) is 4. The van der Waals surface area contributed by atoms with Gasteiger partial charge in [0.2, 0.25) is 0 Å². The molecule has 1 aliphatic heterocycles. The predicted octanol–water partition coefficient (Wildman–Crippen LogP) is 9.00. The lowest BCUT2D eigenvalue weighted by molar-refractivity contribution is -0.0579. The molecule has 0 bridgehead atoms. The number of hydrogen-bond donors (Lipinski definition) is 0. The summed E-state index contributed by atoms with van der Waals surface area (Å²) in [5, 5.41) is 9.52. The van der Waals surface area contributed by atoms with Crippen molar-refractivity contribution < 1.29 is 9.16 Å². The van der Waals surface area contributed by atoms with Gasteiger partial charge in [-0.15, -0.1) is 0 Å². The van der Waals surface area contributed by atoms with Crippen molar-refractivity contribution in [2.24, 2.45) is 5.41 Å². The maximum atomic E-state index is 9.39. The van der Waals surface area contributed by atoms with Crippen LogP contribution in [0, 0.1) is 16.7 Å². The Morgan fingerprint density at radius 1 is 1.08 bits per heavy atom. The molecule has 0 radical (unpaired) electrons. The molecular formula is C33H46N2O2Si. The van der Waals surface area contributed by atoms with Gasteiger partial charge in [0.05, 0.1) is 23.3 Å². The van der Waals surface area contributed by atoms with Crippen molar-refractivity contribution in [2.75, 3.05) is 0 Å². The van der Waals surface area contributed by atoms with Gasteiger partial charge < -0.3 is 9.16 Å². The summed E-state index contributed by atoms with van der Waals surface area (Å²) in [6, 6.07) is 10.3. The Labute approximate surface area is 231 Å². The van der Waals surface area contributed by atoms with Crippen LogP contribution < -0.4 is 0 Å². The molecule has 2 heterocycles. The third-order valence-corrected chi connectivity index (χ3v) is 14.2. The summed E-state index contributed by atoms with van der Waals surface area (Å²) in [6.45, 7) is 21.1. The molecule has 3 aliphatic rings. The number of nitriles is 1. The van der Waals surface area contributed by atoms with E-state index in [4.69, 9.17) is 14.1 Å². The maximum Gasteiger partial charge on any atom is 0.192 e. The molecule has 4 nitrogen and oxygen atoms in total. The molecule has 0 N–H and O–H groups in total. The Morgan fingerprint density at radius 2 is 1.71 bits per heavy atom. The first-order chi connectivity index (χ1) is 17.7. The molecule has 1 aromatic heterocycles. The normalized spacial score (nSPS) is 23.9. The van der Waals surface area contributed by atoms with Crippen molar-refractivity contribution in [3.8, 4) is 6.07 Å². The quantitative estimate of drug-likeness (QED) is 0.370. The Hall–Kier alpha value is -2.00. The lowest BCUT2D eigenvalue weighted by Crippen LogP contribution is -2.44. The molecule has 1 spiro atoms. The van der Waals surface area contributed by atoms with E-state index in [-0.39, 0.29) is 28.3 Å². The average molecular weight is 531 g/mol. The second-order valence-corrected chi connectivity index (χ2v) is 19.4. The molecule has 38 heavy (non-hydrogen) atoms. The first kappa shape index (κ1) is 27.6. The summed E-state index contributed by atoms with van der Waals surface area (Å²) in [4.78, 5) is 5.49. The summed E-state index contributed by atoms with van der Waals surface area (Å²) in [7, 11) is -2.03. The number of nitrogens with zero attached hydrogens (tertiary/aromatic N) is 2. The molecule has 5 rings (SSSR count). The van der Waals surface area contributed by atoms with E-state index in [1.807, 2.05) is 12.1 Å². The molecule has 2 aliphatic carbocycles. The zero-order chi connectivity index (χ0) is 27.7. The monoisotopic (exact) mass is 530 g/mol. The van der Waals surface area contributed by atoms with Gasteiger partial charge in [-0.1, -0.05) is 73.4 Å². The topological polar surface area (TPSA) is 55.1 Å². The second-order valence-electron chi connectivity index (χ2n) is 14.6. The van der Waals surface area contributed by atoms with E-state index in [2.05, 4.69) is 79.8 Å². The zero-order valence-electron chi connectivity index (χ0n) is 25.0. The minimum absolute atomic E-state index is 0.0397. The van der Waals surface area contributed by atoms with Crippen LogP contribution in [0.2, 0.25) is 18.1 Å². The van der Waals surface area contributed by atoms with Gasteiger partial charge in [0.1, 0.15) is 6.10 Å². The molecular weight excluding hydrogens is 484 g/mol. The Bertz CT molecular complexity index is 1260. The molecule has 1 fully saturated rings. The van der Waals surface area contributed by atoms with Crippen molar-refractivity contribution in [1.29, 1.82) is 5.26 Å². The molecule has 0 amide bonds. The fourth-order valence-electron chi connectivity index (χ4n) is 6.75. The van der Waals surface area contributed by atoms with Crippen LogP contribution in [0.1, 0.15) is 138 Å². The van der Waals surface area contributed by atoms with Crippen molar-refractivity contribution in [2.45, 2.75) is 129 Å². The molecule has 0 unspecified atom stereocenters. The first-order valence-electron chi connectivity index (χ1n) is 14.6. The smallest absolute Gasteiger partial charge is 0.192 e. The maximum absolute atomic E-state index is 9.39. The summed E-state index contributed by atoms with van der Waals surface area (Å²) < 4.78 is 14.5. The van der Waals surface area contributed by atoms with Crippen LogP contribution in [0.4, 0.5) is 0 Å². The van der Waals surface area contributed by atoms with Crippen LogP contribution in [0.25, 0.3) is 0 Å². The molecule has 204 valence electrons. The van der Waals surface area contributed by atoms with E-state index in [0.717, 1.165) is 31.2 Å². The van der Waals surface area contributed by atoms with E-state index in [1.54, 1.807) is 0 Å². The number of pyridine rings is 1. The second kappa shape index (κ2) is 9.29. The van der Waals surface area contributed by atoms with Gasteiger partial charge in [0.15, 0.2) is 8.32 Å². The highest BCUT2D eigenvalue weighted by molar-refractivity contribution is 6.74. The minimum Gasteiger partial charge on any atom is -0.410 e. The predicted molar refractivity (Wildman–Crippen MR) is 156 cm³/mol. The number of aromatic nitrogens is 1. The number of rotatable bonds is 4. The Kier molecular flexibility index (Phi) is 6.74. The highest BCUT2D eigenvalue weighted by Crippen LogP contribution is 2.60. The first-order valence-corrected chi connectivity index (χ1v) is 17.5. The van der Waals surface area contributed by atoms with E-state index >= 15 is 0 Å². The molecule has 1 saturated carbocycles. The molecule has 5 heteroatoms. The van der Waals surface area contributed by atoms with Crippen molar-refractivity contribution in [3.05, 3.63) is 63.5 Å². The minimum atomic E-state index is -2.03. The largest absolute Gasteiger partial charge is 0.410 e. The highest BCUT2D eigenvalue weighted by Gasteiger charge is 2.54. The van der Waals surface area contributed by atoms with Gasteiger partial charge in [-0.3, -0.25) is 4.98 Å². The Morgan fingerprint density at radius 3 is 2.26 bits per heavy atom. The van der Waals surface area contributed by atoms with E-state index in [0.29, 0.717) is 11.5 Å². The van der Waals surface area contributed by atoms with Gasteiger partial charge in [-0.2, -0.15) is 5.26 Å². The molecule has 1 aromatic carbocycles. The molecule has 2 atom stereocenters. The van der Waals surface area contributed by atoms with E-state index in [1.165, 1.54) is 40.9 Å². The fourth-order valence-corrected chi connectivity index (χ4v) is 8.01. The van der Waals surface area contributed by atoms with Gasteiger partial charge in [-0.25, -0.2) is 0 Å².